The molecule has 0 aromatic heterocycles. The first-order valence-corrected chi connectivity index (χ1v) is 9.60. The maximum Gasteiger partial charge on any atom is 0.263 e. The van der Waals surface area contributed by atoms with Crippen molar-refractivity contribution in [1.82, 2.24) is 0 Å². The third-order valence-corrected chi connectivity index (χ3v) is 5.53. The third kappa shape index (κ3) is 2.50. The van der Waals surface area contributed by atoms with Crippen LogP contribution in [0, 0.1) is 0 Å². The zero-order chi connectivity index (χ0) is 19.3. The Bertz CT molecular complexity index is 986. The van der Waals surface area contributed by atoms with Crippen molar-refractivity contribution in [2.24, 2.45) is 10.3 Å². The molecule has 7 nitrogen and oxygen atoms in total. The van der Waals surface area contributed by atoms with Gasteiger partial charge in [-0.25, -0.2) is 9.91 Å². The normalized spacial score (nSPS) is 22.8. The van der Waals surface area contributed by atoms with Gasteiger partial charge in [-0.05, 0) is 73.7 Å². The van der Waals surface area contributed by atoms with Crippen molar-refractivity contribution in [3.8, 4) is 5.75 Å². The first-order chi connectivity index (χ1) is 13.7. The number of anilines is 2. The molecule has 1 saturated heterocycles. The Morgan fingerprint density at radius 1 is 1.00 bits per heavy atom. The van der Waals surface area contributed by atoms with Gasteiger partial charge in [0.15, 0.2) is 12.1 Å². The van der Waals surface area contributed by atoms with Crippen LogP contribution in [0.3, 0.4) is 0 Å². The van der Waals surface area contributed by atoms with Crippen LogP contribution >= 0.6 is 0 Å². The zero-order valence-electron chi connectivity index (χ0n) is 15.5. The highest BCUT2D eigenvalue weighted by Gasteiger charge is 2.55. The summed E-state index contributed by atoms with van der Waals surface area (Å²) in [6.45, 7) is 2.50. The largest absolute Gasteiger partial charge is 0.494 e. The Hall–Kier alpha value is -3.22. The van der Waals surface area contributed by atoms with Crippen molar-refractivity contribution in [2.45, 2.75) is 38.3 Å². The van der Waals surface area contributed by atoms with Crippen molar-refractivity contribution in [3.05, 3.63) is 53.6 Å². The number of rotatable bonds is 4. The highest BCUT2D eigenvalue weighted by Crippen LogP contribution is 2.36. The average molecular weight is 376 g/mol. The number of imide groups is 1. The number of benzene rings is 2. The summed E-state index contributed by atoms with van der Waals surface area (Å²) in [7, 11) is 0. The lowest BCUT2D eigenvalue weighted by molar-refractivity contribution is -0.121. The fraction of sp³-hybridized carbons (Fsp3) is 0.333. The topological polar surface area (TPSA) is 74.6 Å². The van der Waals surface area contributed by atoms with Gasteiger partial charge in [0, 0.05) is 0 Å². The number of carbonyl (C=O) groups is 2. The molecule has 2 heterocycles. The fourth-order valence-corrected chi connectivity index (χ4v) is 4.19. The van der Waals surface area contributed by atoms with Crippen LogP contribution in [-0.2, 0) is 22.4 Å². The summed E-state index contributed by atoms with van der Waals surface area (Å²) in [6.07, 6.45) is 3.17. The Balaban J connectivity index is 1.44. The lowest BCUT2D eigenvalue weighted by atomic mass is 10.1. The van der Waals surface area contributed by atoms with Crippen LogP contribution in [0.25, 0.3) is 0 Å². The number of nitrogens with zero attached hydrogens (tertiary/aromatic N) is 4. The quantitative estimate of drug-likeness (QED) is 0.769. The summed E-state index contributed by atoms with van der Waals surface area (Å²) in [5, 5.41) is 9.74. The van der Waals surface area contributed by atoms with E-state index in [4.69, 9.17) is 4.74 Å². The van der Waals surface area contributed by atoms with Crippen molar-refractivity contribution in [1.29, 1.82) is 0 Å². The lowest BCUT2D eigenvalue weighted by Gasteiger charge is -2.21. The fourth-order valence-electron chi connectivity index (χ4n) is 4.19. The molecule has 0 spiro atoms. The van der Waals surface area contributed by atoms with E-state index >= 15 is 0 Å². The molecule has 142 valence electrons. The van der Waals surface area contributed by atoms with Gasteiger partial charge in [-0.2, -0.15) is 5.11 Å². The molecular formula is C21H20N4O3. The van der Waals surface area contributed by atoms with Crippen LogP contribution in [0.15, 0.2) is 52.8 Å². The minimum atomic E-state index is -0.799. The molecule has 2 aromatic carbocycles. The molecule has 0 N–H and O–H groups in total. The van der Waals surface area contributed by atoms with Crippen molar-refractivity contribution >= 4 is 23.2 Å². The van der Waals surface area contributed by atoms with E-state index < -0.39 is 12.1 Å². The van der Waals surface area contributed by atoms with Crippen molar-refractivity contribution < 1.29 is 14.3 Å². The number of fused-ring (bicyclic) bond motifs is 2. The van der Waals surface area contributed by atoms with Crippen molar-refractivity contribution in [2.75, 3.05) is 16.5 Å². The molecule has 2 unspecified atom stereocenters. The van der Waals surface area contributed by atoms with Gasteiger partial charge >= 0.3 is 0 Å². The molecule has 2 aliphatic heterocycles. The van der Waals surface area contributed by atoms with Gasteiger partial charge in [0.25, 0.3) is 11.8 Å². The van der Waals surface area contributed by atoms with Gasteiger partial charge in [-0.15, -0.1) is 0 Å². The Morgan fingerprint density at radius 3 is 2.54 bits per heavy atom. The third-order valence-electron chi connectivity index (χ3n) is 5.53. The summed E-state index contributed by atoms with van der Waals surface area (Å²) >= 11 is 0. The molecule has 2 amide bonds. The molecule has 1 fully saturated rings. The number of amides is 2. The lowest BCUT2D eigenvalue weighted by Crippen LogP contribution is -2.39. The summed E-state index contributed by atoms with van der Waals surface area (Å²) in [6, 6.07) is 11.6. The number of hydrogen-bond acceptors (Lipinski definition) is 6. The minimum absolute atomic E-state index is 0.285. The van der Waals surface area contributed by atoms with Crippen molar-refractivity contribution in [3.63, 3.8) is 0 Å². The number of carbonyl (C=O) groups excluding carboxylic acids is 2. The smallest absolute Gasteiger partial charge is 0.263 e. The van der Waals surface area contributed by atoms with Gasteiger partial charge in [0.1, 0.15) is 5.75 Å². The second-order valence-electron chi connectivity index (χ2n) is 7.18. The SMILES string of the molecule is CCOc1ccc(N2N=NC3C(=O)N(c4ccc5c(c4)CCC5)C(=O)C32)cc1. The number of aryl methyl sites for hydroxylation is 2. The predicted octanol–water partition coefficient (Wildman–Crippen LogP) is 3.07. The summed E-state index contributed by atoms with van der Waals surface area (Å²) in [5.74, 6) is 0.143. The zero-order valence-corrected chi connectivity index (χ0v) is 15.5. The van der Waals surface area contributed by atoms with E-state index in [1.54, 1.807) is 0 Å². The van der Waals surface area contributed by atoms with Crippen LogP contribution in [0.4, 0.5) is 11.4 Å². The highest BCUT2D eigenvalue weighted by molar-refractivity contribution is 6.26. The summed E-state index contributed by atoms with van der Waals surface area (Å²) < 4.78 is 5.46. The molecule has 3 aliphatic rings. The van der Waals surface area contributed by atoms with E-state index in [0.717, 1.165) is 25.0 Å². The van der Waals surface area contributed by atoms with E-state index in [2.05, 4.69) is 10.3 Å². The summed E-state index contributed by atoms with van der Waals surface area (Å²) in [5.41, 5.74) is 3.86. The molecule has 2 atom stereocenters. The van der Waals surface area contributed by atoms with Crippen LogP contribution in [0.5, 0.6) is 5.75 Å². The number of ether oxygens (including phenoxy) is 1. The van der Waals surface area contributed by atoms with Gasteiger partial charge < -0.3 is 4.74 Å². The standard InChI is InChI=1S/C21H20N4O3/c1-2-28-17-10-8-15(9-11-17)25-19-18(22-23-25)20(26)24(21(19)27)16-7-6-13-4-3-5-14(13)12-16/h6-12,18-19H,2-5H2,1H3. The van der Waals surface area contributed by atoms with E-state index in [1.165, 1.54) is 21.0 Å². The molecule has 0 radical (unpaired) electrons. The molecule has 28 heavy (non-hydrogen) atoms. The second-order valence-corrected chi connectivity index (χ2v) is 7.18. The molecule has 1 aliphatic carbocycles. The Labute approximate surface area is 162 Å². The minimum Gasteiger partial charge on any atom is -0.494 e. The van der Waals surface area contributed by atoms with E-state index in [1.807, 2.05) is 49.4 Å². The Morgan fingerprint density at radius 2 is 1.75 bits per heavy atom. The van der Waals surface area contributed by atoms with Gasteiger partial charge in [0.2, 0.25) is 0 Å². The molecule has 0 saturated carbocycles. The molecular weight excluding hydrogens is 356 g/mol. The Kier molecular flexibility index (Phi) is 3.89. The maximum absolute atomic E-state index is 13.2. The predicted molar refractivity (Wildman–Crippen MR) is 103 cm³/mol. The number of hydrogen-bond donors (Lipinski definition) is 0. The molecule has 5 rings (SSSR count). The molecule has 0 bridgehead atoms. The molecule has 2 aromatic rings. The summed E-state index contributed by atoms with van der Waals surface area (Å²) in [4.78, 5) is 27.4. The van der Waals surface area contributed by atoms with E-state index in [-0.39, 0.29) is 11.8 Å². The van der Waals surface area contributed by atoms with Crippen LogP contribution in [0.2, 0.25) is 0 Å². The van der Waals surface area contributed by atoms with E-state index in [9.17, 15) is 9.59 Å². The highest BCUT2D eigenvalue weighted by atomic mass is 16.5. The first kappa shape index (κ1) is 16.9. The van der Waals surface area contributed by atoms with Gasteiger partial charge in [-0.1, -0.05) is 11.3 Å². The van der Waals surface area contributed by atoms with Gasteiger partial charge in [0.05, 0.1) is 18.0 Å². The van der Waals surface area contributed by atoms with Crippen LogP contribution < -0.4 is 14.6 Å². The van der Waals surface area contributed by atoms with E-state index in [0.29, 0.717) is 18.0 Å². The second kappa shape index (κ2) is 6.44. The monoisotopic (exact) mass is 376 g/mol. The first-order valence-electron chi connectivity index (χ1n) is 9.60. The van der Waals surface area contributed by atoms with Crippen LogP contribution in [0.1, 0.15) is 24.5 Å². The van der Waals surface area contributed by atoms with Gasteiger partial charge in [-0.3, -0.25) is 9.59 Å². The molecule has 7 heteroatoms. The maximum atomic E-state index is 13.2. The van der Waals surface area contributed by atoms with Crippen LogP contribution in [-0.4, -0.2) is 30.5 Å². The average Bonchev–Trinajstić information content (AvgIpc) is 3.40.